The summed E-state index contributed by atoms with van der Waals surface area (Å²) in [5.41, 5.74) is 2.25. The molecule has 4 heteroatoms. The van der Waals surface area contributed by atoms with E-state index in [0.717, 1.165) is 37.7 Å². The monoisotopic (exact) mass is 346 g/mol. The lowest BCUT2D eigenvalue weighted by molar-refractivity contribution is 0.0685. The number of piperidine rings is 1. The Morgan fingerprint density at radius 2 is 1.77 bits per heavy atom. The number of hydrogen-bond donors (Lipinski definition) is 1. The van der Waals surface area contributed by atoms with Crippen LogP contribution in [-0.2, 0) is 6.42 Å². The number of carbonyl (C=O) groups excluding carboxylic acids is 1. The number of benzene rings is 2. The Kier molecular flexibility index (Phi) is 4.57. The molecule has 1 aliphatic rings. The molecule has 1 saturated heterocycles. The fourth-order valence-corrected chi connectivity index (χ4v) is 3.70. The quantitative estimate of drug-likeness (QED) is 0.779. The highest BCUT2D eigenvalue weighted by atomic mass is 16.3. The van der Waals surface area contributed by atoms with Crippen molar-refractivity contribution in [2.75, 3.05) is 13.1 Å². The van der Waals surface area contributed by atoms with Crippen LogP contribution in [0, 0.1) is 5.92 Å². The number of hydrogen-bond acceptors (Lipinski definition) is 3. The van der Waals surface area contributed by atoms with Crippen molar-refractivity contribution in [1.29, 1.82) is 0 Å². The molecule has 3 aromatic rings. The van der Waals surface area contributed by atoms with E-state index >= 15 is 0 Å². The average molecular weight is 346 g/mol. The molecule has 1 aromatic heterocycles. The Morgan fingerprint density at radius 3 is 2.54 bits per heavy atom. The van der Waals surface area contributed by atoms with Crippen molar-refractivity contribution in [3.63, 3.8) is 0 Å². The van der Waals surface area contributed by atoms with Gasteiger partial charge in [0, 0.05) is 18.5 Å². The van der Waals surface area contributed by atoms with Gasteiger partial charge in [0.05, 0.1) is 0 Å². The van der Waals surface area contributed by atoms with E-state index in [0.29, 0.717) is 17.1 Å². The van der Waals surface area contributed by atoms with Crippen LogP contribution in [0.25, 0.3) is 10.9 Å². The zero-order valence-corrected chi connectivity index (χ0v) is 14.6. The number of para-hydroxylation sites is 1. The first-order valence-electron chi connectivity index (χ1n) is 9.12. The number of aromatic nitrogens is 1. The molecule has 0 bridgehead atoms. The first-order chi connectivity index (χ1) is 12.7. The second-order valence-electron chi connectivity index (χ2n) is 6.97. The smallest absolute Gasteiger partial charge is 0.272 e. The van der Waals surface area contributed by atoms with Crippen molar-refractivity contribution in [1.82, 2.24) is 9.88 Å². The number of rotatable bonds is 3. The molecule has 1 amide bonds. The molecule has 1 fully saturated rings. The molecule has 1 aliphatic heterocycles. The highest BCUT2D eigenvalue weighted by Gasteiger charge is 2.24. The van der Waals surface area contributed by atoms with Crippen LogP contribution in [0.2, 0.25) is 0 Å². The molecule has 0 radical (unpaired) electrons. The third kappa shape index (κ3) is 3.40. The number of aromatic hydroxyl groups is 1. The number of carbonyl (C=O) groups is 1. The molecule has 0 aliphatic carbocycles. The second-order valence-corrected chi connectivity index (χ2v) is 6.97. The van der Waals surface area contributed by atoms with E-state index in [1.165, 1.54) is 5.56 Å². The largest absolute Gasteiger partial charge is 0.506 e. The summed E-state index contributed by atoms with van der Waals surface area (Å²) in [5, 5.41) is 10.8. The Morgan fingerprint density at radius 1 is 1.00 bits per heavy atom. The van der Waals surface area contributed by atoms with Gasteiger partial charge in [-0.25, -0.2) is 4.98 Å². The molecule has 4 nitrogen and oxygen atoms in total. The Hall–Kier alpha value is -2.88. The van der Waals surface area contributed by atoms with Gasteiger partial charge in [-0.3, -0.25) is 4.79 Å². The van der Waals surface area contributed by atoms with Gasteiger partial charge in [0.15, 0.2) is 0 Å². The van der Waals surface area contributed by atoms with Gasteiger partial charge in [-0.2, -0.15) is 0 Å². The van der Waals surface area contributed by atoms with Crippen molar-refractivity contribution < 1.29 is 9.90 Å². The lowest BCUT2D eigenvalue weighted by atomic mass is 9.90. The van der Waals surface area contributed by atoms with Crippen LogP contribution in [0.15, 0.2) is 60.7 Å². The van der Waals surface area contributed by atoms with Crippen molar-refractivity contribution in [3.05, 3.63) is 71.9 Å². The van der Waals surface area contributed by atoms with Crippen LogP contribution in [0.1, 0.15) is 28.9 Å². The molecule has 4 rings (SSSR count). The van der Waals surface area contributed by atoms with Gasteiger partial charge in [-0.05, 0) is 42.9 Å². The Balaban J connectivity index is 1.43. The predicted octanol–water partition coefficient (Wildman–Crippen LogP) is 4.04. The van der Waals surface area contributed by atoms with E-state index in [9.17, 15) is 9.90 Å². The number of nitrogens with zero attached hydrogens (tertiary/aromatic N) is 2. The summed E-state index contributed by atoms with van der Waals surface area (Å²) in [7, 11) is 0. The summed E-state index contributed by atoms with van der Waals surface area (Å²) >= 11 is 0. The zero-order valence-electron chi connectivity index (χ0n) is 14.6. The van der Waals surface area contributed by atoms with Gasteiger partial charge in [0.25, 0.3) is 5.91 Å². The highest BCUT2D eigenvalue weighted by molar-refractivity contribution is 5.96. The maximum absolute atomic E-state index is 12.8. The van der Waals surface area contributed by atoms with Gasteiger partial charge in [0.2, 0.25) is 0 Å². The van der Waals surface area contributed by atoms with E-state index in [1.807, 2.05) is 23.1 Å². The normalized spacial score (nSPS) is 15.3. The summed E-state index contributed by atoms with van der Waals surface area (Å²) < 4.78 is 0. The van der Waals surface area contributed by atoms with Gasteiger partial charge < -0.3 is 10.0 Å². The summed E-state index contributed by atoms with van der Waals surface area (Å²) in [6.07, 6.45) is 3.10. The zero-order chi connectivity index (χ0) is 17.9. The van der Waals surface area contributed by atoms with Crippen LogP contribution < -0.4 is 0 Å². The van der Waals surface area contributed by atoms with Gasteiger partial charge in [0.1, 0.15) is 17.0 Å². The summed E-state index contributed by atoms with van der Waals surface area (Å²) in [6.45, 7) is 1.52. The number of fused-ring (bicyclic) bond motifs is 1. The van der Waals surface area contributed by atoms with E-state index in [-0.39, 0.29) is 11.7 Å². The predicted molar refractivity (Wildman–Crippen MR) is 102 cm³/mol. The molecule has 1 N–H and O–H groups in total. The molecular weight excluding hydrogens is 324 g/mol. The number of pyridine rings is 1. The lowest BCUT2D eigenvalue weighted by Crippen LogP contribution is -2.39. The first-order valence-corrected chi connectivity index (χ1v) is 9.12. The van der Waals surface area contributed by atoms with E-state index in [4.69, 9.17) is 0 Å². The molecule has 132 valence electrons. The standard InChI is InChI=1S/C22H22N2O2/c25-20-8-4-7-18-9-10-19(23-21(18)20)22(26)24-13-11-17(12-14-24)15-16-5-2-1-3-6-16/h1-10,17,25H,11-15H2. The minimum atomic E-state index is -0.0479. The molecule has 0 atom stereocenters. The molecule has 2 heterocycles. The number of phenolic OH excluding ortho intramolecular Hbond substituents is 1. The Labute approximate surface area is 153 Å². The first kappa shape index (κ1) is 16.6. The van der Waals surface area contributed by atoms with Crippen LogP contribution in [0.5, 0.6) is 5.75 Å². The molecular formula is C22H22N2O2. The van der Waals surface area contributed by atoms with Crippen LogP contribution in [0.4, 0.5) is 0 Å². The van der Waals surface area contributed by atoms with Crippen molar-refractivity contribution in [2.24, 2.45) is 5.92 Å². The van der Waals surface area contributed by atoms with Crippen LogP contribution >= 0.6 is 0 Å². The van der Waals surface area contributed by atoms with E-state index in [1.54, 1.807) is 18.2 Å². The van der Waals surface area contributed by atoms with E-state index in [2.05, 4.69) is 29.2 Å². The van der Waals surface area contributed by atoms with Gasteiger partial charge in [-0.15, -0.1) is 0 Å². The minimum Gasteiger partial charge on any atom is -0.506 e. The van der Waals surface area contributed by atoms with Crippen LogP contribution in [-0.4, -0.2) is 34.0 Å². The van der Waals surface area contributed by atoms with E-state index < -0.39 is 0 Å². The SMILES string of the molecule is O=C(c1ccc2cccc(O)c2n1)N1CCC(Cc2ccccc2)CC1. The molecule has 0 unspecified atom stereocenters. The summed E-state index contributed by atoms with van der Waals surface area (Å²) in [4.78, 5) is 19.1. The molecule has 0 saturated carbocycles. The summed E-state index contributed by atoms with van der Waals surface area (Å²) in [6, 6.07) is 19.4. The number of amides is 1. The maximum Gasteiger partial charge on any atom is 0.272 e. The summed E-state index contributed by atoms with van der Waals surface area (Å²) in [5.74, 6) is 0.682. The Bertz CT molecular complexity index is 916. The molecule has 26 heavy (non-hydrogen) atoms. The number of phenols is 1. The van der Waals surface area contributed by atoms with Gasteiger partial charge in [-0.1, -0.05) is 48.5 Å². The lowest BCUT2D eigenvalue weighted by Gasteiger charge is -2.32. The van der Waals surface area contributed by atoms with Crippen molar-refractivity contribution in [2.45, 2.75) is 19.3 Å². The third-order valence-corrected chi connectivity index (χ3v) is 5.19. The third-order valence-electron chi connectivity index (χ3n) is 5.19. The van der Waals surface area contributed by atoms with Crippen molar-refractivity contribution in [3.8, 4) is 5.75 Å². The fraction of sp³-hybridized carbons (Fsp3) is 0.273. The maximum atomic E-state index is 12.8. The topological polar surface area (TPSA) is 53.4 Å². The average Bonchev–Trinajstić information content (AvgIpc) is 2.69. The highest BCUT2D eigenvalue weighted by Crippen LogP contribution is 2.25. The van der Waals surface area contributed by atoms with Crippen LogP contribution in [0.3, 0.4) is 0 Å². The molecule has 0 spiro atoms. The fourth-order valence-electron chi connectivity index (χ4n) is 3.70. The minimum absolute atomic E-state index is 0.0479. The van der Waals surface area contributed by atoms with Gasteiger partial charge >= 0.3 is 0 Å². The second kappa shape index (κ2) is 7.16. The number of likely N-dealkylation sites (tertiary alicyclic amines) is 1. The molecule has 2 aromatic carbocycles. The van der Waals surface area contributed by atoms with Crippen molar-refractivity contribution >= 4 is 16.8 Å².